The predicted octanol–water partition coefficient (Wildman–Crippen LogP) is 1.95. The third-order valence-electron chi connectivity index (χ3n) is 7.06. The minimum atomic E-state index is -0.107. The zero-order valence-electron chi connectivity index (χ0n) is 16.1. The maximum absolute atomic E-state index is 13.0. The summed E-state index contributed by atoms with van der Waals surface area (Å²) < 4.78 is 0. The van der Waals surface area contributed by atoms with Crippen molar-refractivity contribution >= 4 is 23.1 Å². The number of piperazine rings is 1. The van der Waals surface area contributed by atoms with Gasteiger partial charge < -0.3 is 14.7 Å². The molecule has 1 atom stereocenters. The van der Waals surface area contributed by atoms with E-state index in [0.717, 1.165) is 44.2 Å². The second kappa shape index (κ2) is 5.59. The Hall–Kier alpha value is -1.82. The smallest absolute Gasteiger partial charge is 0.250 e. The van der Waals surface area contributed by atoms with Crippen LogP contribution in [0.1, 0.15) is 33.1 Å². The number of hydrogen-bond acceptors (Lipinski definition) is 5. The lowest BCUT2D eigenvalue weighted by Crippen LogP contribution is -2.63. The van der Waals surface area contributed by atoms with Gasteiger partial charge in [0.1, 0.15) is 6.04 Å². The quantitative estimate of drug-likeness (QED) is 0.811. The van der Waals surface area contributed by atoms with Crippen molar-refractivity contribution < 1.29 is 4.79 Å². The van der Waals surface area contributed by atoms with Gasteiger partial charge in [-0.15, -0.1) is 0 Å². The fourth-order valence-corrected chi connectivity index (χ4v) is 5.10. The number of fused-ring (bicyclic) bond motifs is 3. The van der Waals surface area contributed by atoms with Crippen molar-refractivity contribution in [1.82, 2.24) is 9.88 Å². The first-order chi connectivity index (χ1) is 12.5. The fraction of sp³-hybridized carbons (Fsp3) is 0.700. The number of nitrogens with zero attached hydrogens (tertiary/aromatic N) is 5. The monoisotopic (exact) mass is 355 g/mol. The SMILES string of the molecule is CC(C)N1CCN2c3ncc(N4CC5(CCC5)C4)cc3N(C)C(=O)[C@@H]2C1. The molecule has 140 valence electrons. The first-order valence-electron chi connectivity index (χ1n) is 10.0. The molecule has 0 aromatic carbocycles. The van der Waals surface area contributed by atoms with E-state index in [9.17, 15) is 4.79 Å². The summed E-state index contributed by atoms with van der Waals surface area (Å²) in [6, 6.07) is 2.54. The van der Waals surface area contributed by atoms with Crippen LogP contribution in [0.2, 0.25) is 0 Å². The largest absolute Gasteiger partial charge is 0.369 e. The van der Waals surface area contributed by atoms with Crippen LogP contribution in [0.15, 0.2) is 12.3 Å². The van der Waals surface area contributed by atoms with Gasteiger partial charge in [0.05, 0.1) is 17.6 Å². The predicted molar refractivity (Wildman–Crippen MR) is 104 cm³/mol. The summed E-state index contributed by atoms with van der Waals surface area (Å²) in [4.78, 5) is 26.7. The van der Waals surface area contributed by atoms with E-state index >= 15 is 0 Å². The number of rotatable bonds is 2. The third kappa shape index (κ3) is 2.27. The molecule has 1 aromatic rings. The highest BCUT2D eigenvalue weighted by Crippen LogP contribution is 2.50. The Balaban J connectivity index is 1.41. The molecule has 4 heterocycles. The highest BCUT2D eigenvalue weighted by molar-refractivity contribution is 6.05. The van der Waals surface area contributed by atoms with E-state index < -0.39 is 0 Å². The molecule has 1 spiro atoms. The van der Waals surface area contributed by atoms with Crippen LogP contribution in [0.4, 0.5) is 17.2 Å². The summed E-state index contributed by atoms with van der Waals surface area (Å²) in [6.45, 7) is 9.36. The molecule has 0 N–H and O–H groups in total. The van der Waals surface area contributed by atoms with E-state index in [-0.39, 0.29) is 11.9 Å². The van der Waals surface area contributed by atoms with Crippen LogP contribution in [0.5, 0.6) is 0 Å². The summed E-state index contributed by atoms with van der Waals surface area (Å²) in [5.74, 6) is 1.17. The number of anilines is 3. The van der Waals surface area contributed by atoms with Crippen LogP contribution in [-0.4, -0.2) is 67.6 Å². The van der Waals surface area contributed by atoms with Gasteiger partial charge in [0.25, 0.3) is 5.91 Å². The second-order valence-corrected chi connectivity index (χ2v) is 8.94. The van der Waals surface area contributed by atoms with Crippen molar-refractivity contribution in [1.29, 1.82) is 0 Å². The number of aromatic nitrogens is 1. The van der Waals surface area contributed by atoms with Gasteiger partial charge in [-0.05, 0) is 32.8 Å². The van der Waals surface area contributed by atoms with Gasteiger partial charge in [0, 0.05) is 51.2 Å². The zero-order valence-corrected chi connectivity index (χ0v) is 16.1. The second-order valence-electron chi connectivity index (χ2n) is 8.94. The molecule has 6 heteroatoms. The third-order valence-corrected chi connectivity index (χ3v) is 7.06. The van der Waals surface area contributed by atoms with Crippen LogP contribution in [0.25, 0.3) is 0 Å². The molecule has 6 nitrogen and oxygen atoms in total. The molecule has 1 amide bonds. The van der Waals surface area contributed by atoms with E-state index in [1.807, 2.05) is 18.1 Å². The van der Waals surface area contributed by atoms with Crippen LogP contribution in [-0.2, 0) is 4.79 Å². The molecular formula is C20H29N5O. The lowest BCUT2D eigenvalue weighted by Gasteiger charge is -2.57. The zero-order chi connectivity index (χ0) is 18.1. The van der Waals surface area contributed by atoms with E-state index in [0.29, 0.717) is 11.5 Å². The molecule has 0 bridgehead atoms. The van der Waals surface area contributed by atoms with Gasteiger partial charge in [-0.25, -0.2) is 4.98 Å². The van der Waals surface area contributed by atoms with Crippen molar-refractivity contribution in [2.75, 3.05) is 54.5 Å². The van der Waals surface area contributed by atoms with Gasteiger partial charge in [0.2, 0.25) is 0 Å². The molecule has 26 heavy (non-hydrogen) atoms. The van der Waals surface area contributed by atoms with E-state index in [4.69, 9.17) is 4.98 Å². The van der Waals surface area contributed by atoms with Gasteiger partial charge in [0.15, 0.2) is 5.82 Å². The van der Waals surface area contributed by atoms with E-state index in [2.05, 4.69) is 34.6 Å². The Bertz CT molecular complexity index is 736. The van der Waals surface area contributed by atoms with Crippen LogP contribution < -0.4 is 14.7 Å². The van der Waals surface area contributed by atoms with Crippen molar-refractivity contribution in [2.45, 2.75) is 45.2 Å². The summed E-state index contributed by atoms with van der Waals surface area (Å²) in [5.41, 5.74) is 2.73. The Kier molecular flexibility index (Phi) is 3.52. The van der Waals surface area contributed by atoms with E-state index in [1.54, 1.807) is 0 Å². The summed E-state index contributed by atoms with van der Waals surface area (Å²) >= 11 is 0. The molecule has 1 saturated carbocycles. The summed E-state index contributed by atoms with van der Waals surface area (Å²) in [5, 5.41) is 0. The Morgan fingerprint density at radius 3 is 2.65 bits per heavy atom. The van der Waals surface area contributed by atoms with Gasteiger partial charge in [-0.2, -0.15) is 0 Å². The number of likely N-dealkylation sites (N-methyl/N-ethyl adjacent to an activating group) is 1. The first-order valence-corrected chi connectivity index (χ1v) is 10.0. The molecule has 2 saturated heterocycles. The standard InChI is InChI=1S/C20H29N5O/c1-14(2)23-7-8-25-17(11-23)19(26)22(3)16-9-15(10-21-18(16)25)24-12-20(13-24)5-4-6-20/h9-10,14,17H,4-8,11-13H2,1-3H3/t17-/m0/s1. The van der Waals surface area contributed by atoms with Gasteiger partial charge >= 0.3 is 0 Å². The lowest BCUT2D eigenvalue weighted by molar-refractivity contribution is -0.121. The highest BCUT2D eigenvalue weighted by atomic mass is 16.2. The molecule has 1 aliphatic carbocycles. The number of carbonyl (C=O) groups is 1. The molecular weight excluding hydrogens is 326 g/mol. The maximum Gasteiger partial charge on any atom is 0.250 e. The summed E-state index contributed by atoms with van der Waals surface area (Å²) in [6.07, 6.45) is 6.15. The molecule has 0 radical (unpaired) electrons. The normalized spacial score (nSPS) is 27.3. The summed E-state index contributed by atoms with van der Waals surface area (Å²) in [7, 11) is 1.90. The maximum atomic E-state index is 13.0. The first kappa shape index (κ1) is 16.4. The van der Waals surface area contributed by atoms with Gasteiger partial charge in [-0.3, -0.25) is 9.69 Å². The van der Waals surface area contributed by atoms with Crippen molar-refractivity contribution in [3.63, 3.8) is 0 Å². The number of carbonyl (C=O) groups excluding carboxylic acids is 1. The highest BCUT2D eigenvalue weighted by Gasteiger charge is 2.48. The van der Waals surface area contributed by atoms with Crippen LogP contribution >= 0.6 is 0 Å². The number of pyridine rings is 1. The molecule has 5 rings (SSSR count). The number of hydrogen-bond donors (Lipinski definition) is 0. The Morgan fingerprint density at radius 1 is 1.23 bits per heavy atom. The minimum absolute atomic E-state index is 0.107. The molecule has 3 fully saturated rings. The molecule has 0 unspecified atom stereocenters. The van der Waals surface area contributed by atoms with E-state index in [1.165, 1.54) is 24.9 Å². The average Bonchev–Trinajstić information content (AvgIpc) is 2.56. The fourth-order valence-electron chi connectivity index (χ4n) is 5.10. The molecule has 3 aliphatic heterocycles. The van der Waals surface area contributed by atoms with Crippen molar-refractivity contribution in [3.05, 3.63) is 12.3 Å². The Morgan fingerprint density at radius 2 is 2.00 bits per heavy atom. The average molecular weight is 355 g/mol. The van der Waals surface area contributed by atoms with Gasteiger partial charge in [-0.1, -0.05) is 6.42 Å². The minimum Gasteiger partial charge on any atom is -0.369 e. The molecule has 4 aliphatic rings. The van der Waals surface area contributed by atoms with Crippen molar-refractivity contribution in [3.8, 4) is 0 Å². The van der Waals surface area contributed by atoms with Crippen LogP contribution in [0.3, 0.4) is 0 Å². The number of amides is 1. The lowest BCUT2D eigenvalue weighted by atomic mass is 9.63. The Labute approximate surface area is 155 Å². The molecule has 1 aromatic heterocycles. The van der Waals surface area contributed by atoms with Crippen LogP contribution in [0, 0.1) is 5.41 Å². The topological polar surface area (TPSA) is 42.9 Å². The van der Waals surface area contributed by atoms with Crippen molar-refractivity contribution in [2.24, 2.45) is 5.41 Å².